The van der Waals surface area contributed by atoms with Gasteiger partial charge in [-0.1, -0.05) is 6.92 Å². The lowest BCUT2D eigenvalue weighted by Gasteiger charge is -2.42. The molecule has 2 N–H and O–H groups in total. The van der Waals surface area contributed by atoms with Crippen LogP contribution in [0, 0.1) is 5.82 Å². The summed E-state index contributed by atoms with van der Waals surface area (Å²) in [5.74, 6) is -1.03. The maximum Gasteiger partial charge on any atom is 0.274 e. The van der Waals surface area contributed by atoms with Gasteiger partial charge in [-0.2, -0.15) is 0 Å². The van der Waals surface area contributed by atoms with Gasteiger partial charge >= 0.3 is 0 Å². The number of likely N-dealkylation sites (tertiary alicyclic amines) is 1. The molecule has 28 heavy (non-hydrogen) atoms. The van der Waals surface area contributed by atoms with Gasteiger partial charge in [-0.05, 0) is 55.4 Å². The lowest BCUT2D eigenvalue weighted by Crippen LogP contribution is -2.53. The summed E-state index contributed by atoms with van der Waals surface area (Å²) in [4.78, 5) is 16.8. The van der Waals surface area contributed by atoms with E-state index >= 15 is 0 Å². The molecule has 152 valence electrons. The molecule has 4 aliphatic rings. The second-order valence-corrected chi connectivity index (χ2v) is 8.96. The predicted octanol–water partition coefficient (Wildman–Crippen LogP) is 2.09. The SMILES string of the molecule is CC[C@H]1Cc2c(F)cc(C(=O)NO)cc2CN1C[C@@]12C[C@@H](CO1)N(C1CC1)C2. The van der Waals surface area contributed by atoms with Crippen molar-refractivity contribution in [3.8, 4) is 0 Å². The van der Waals surface area contributed by atoms with E-state index < -0.39 is 5.91 Å². The summed E-state index contributed by atoms with van der Waals surface area (Å²) in [5, 5.41) is 8.90. The number of fused-ring (bicyclic) bond motifs is 3. The average molecular weight is 389 g/mol. The fourth-order valence-corrected chi connectivity index (χ4v) is 5.53. The minimum atomic E-state index is -0.678. The van der Waals surface area contributed by atoms with Crippen molar-refractivity contribution in [2.75, 3.05) is 19.7 Å². The summed E-state index contributed by atoms with van der Waals surface area (Å²) in [6.45, 7) is 5.44. The van der Waals surface area contributed by atoms with E-state index in [0.29, 0.717) is 24.6 Å². The number of morpholine rings is 1. The minimum Gasteiger partial charge on any atom is -0.371 e. The predicted molar refractivity (Wildman–Crippen MR) is 101 cm³/mol. The first kappa shape index (κ1) is 18.5. The first-order valence-electron chi connectivity index (χ1n) is 10.4. The molecule has 5 rings (SSSR count). The Labute approximate surface area is 164 Å². The Kier molecular flexibility index (Phi) is 4.46. The summed E-state index contributed by atoms with van der Waals surface area (Å²) < 4.78 is 20.9. The van der Waals surface area contributed by atoms with Crippen LogP contribution in [-0.4, -0.2) is 64.3 Å². The van der Waals surface area contributed by atoms with Crippen LogP contribution in [-0.2, 0) is 17.7 Å². The van der Waals surface area contributed by atoms with Crippen molar-refractivity contribution in [2.24, 2.45) is 0 Å². The van der Waals surface area contributed by atoms with Gasteiger partial charge in [0.15, 0.2) is 0 Å². The van der Waals surface area contributed by atoms with Crippen LogP contribution in [0.5, 0.6) is 0 Å². The molecule has 0 aromatic heterocycles. The molecule has 6 nitrogen and oxygen atoms in total. The van der Waals surface area contributed by atoms with Crippen molar-refractivity contribution in [1.29, 1.82) is 0 Å². The van der Waals surface area contributed by atoms with Crippen molar-refractivity contribution in [1.82, 2.24) is 15.3 Å². The summed E-state index contributed by atoms with van der Waals surface area (Å²) in [7, 11) is 0. The smallest absolute Gasteiger partial charge is 0.274 e. The molecule has 0 radical (unpaired) electrons. The highest BCUT2D eigenvalue weighted by Gasteiger charge is 2.55. The zero-order chi connectivity index (χ0) is 19.5. The number of halogens is 1. The van der Waals surface area contributed by atoms with Crippen molar-refractivity contribution in [2.45, 2.75) is 69.3 Å². The topological polar surface area (TPSA) is 65.0 Å². The molecule has 3 heterocycles. The molecule has 0 unspecified atom stereocenters. The lowest BCUT2D eigenvalue weighted by atomic mass is 9.89. The normalized spacial score (nSPS) is 32.5. The third kappa shape index (κ3) is 3.05. The van der Waals surface area contributed by atoms with Crippen LogP contribution in [0.15, 0.2) is 12.1 Å². The molecule has 2 saturated heterocycles. The number of nitrogens with one attached hydrogen (secondary N) is 1. The van der Waals surface area contributed by atoms with Crippen LogP contribution in [0.25, 0.3) is 0 Å². The number of ether oxygens (including phenoxy) is 1. The van der Waals surface area contributed by atoms with Crippen LogP contribution < -0.4 is 5.48 Å². The zero-order valence-corrected chi connectivity index (χ0v) is 16.3. The summed E-state index contributed by atoms with van der Waals surface area (Å²) >= 11 is 0. The van der Waals surface area contributed by atoms with E-state index in [1.54, 1.807) is 11.5 Å². The van der Waals surface area contributed by atoms with Crippen molar-refractivity contribution in [3.05, 3.63) is 34.6 Å². The zero-order valence-electron chi connectivity index (χ0n) is 16.3. The number of rotatable bonds is 5. The molecule has 1 aromatic rings. The highest BCUT2D eigenvalue weighted by Crippen LogP contribution is 2.44. The van der Waals surface area contributed by atoms with Crippen molar-refractivity contribution >= 4 is 5.91 Å². The molecule has 3 fully saturated rings. The number of nitrogens with zero attached hydrogens (tertiary/aromatic N) is 2. The first-order chi connectivity index (χ1) is 13.5. The molecule has 1 aliphatic carbocycles. The van der Waals surface area contributed by atoms with Crippen LogP contribution in [0.4, 0.5) is 4.39 Å². The highest BCUT2D eigenvalue weighted by atomic mass is 19.1. The van der Waals surface area contributed by atoms with Crippen LogP contribution >= 0.6 is 0 Å². The van der Waals surface area contributed by atoms with E-state index in [1.807, 2.05) is 0 Å². The third-order valence-corrected chi connectivity index (χ3v) is 7.09. The third-order valence-electron chi connectivity index (χ3n) is 7.09. The Morgan fingerprint density at radius 2 is 2.21 bits per heavy atom. The number of carbonyl (C=O) groups excluding carboxylic acids is 1. The Hall–Kier alpha value is -1.54. The van der Waals surface area contributed by atoms with E-state index in [0.717, 1.165) is 44.1 Å². The molecule has 1 aromatic carbocycles. The second-order valence-electron chi connectivity index (χ2n) is 8.96. The van der Waals surface area contributed by atoms with E-state index in [1.165, 1.54) is 18.9 Å². The standard InChI is InChI=1S/C21H28FN3O3/c1-2-15-7-18-14(5-13(6-19(18)22)20(26)23-27)9-24(15)11-21-8-17(10-28-21)25(12-21)16-3-4-16/h5-6,15-17,27H,2-4,7-12H2,1H3,(H,23,26)/t15-,17-,21+/m0/s1. The van der Waals surface area contributed by atoms with Gasteiger partial charge in [0.1, 0.15) is 5.82 Å². The molecule has 3 aliphatic heterocycles. The molecule has 2 bridgehead atoms. The summed E-state index contributed by atoms with van der Waals surface area (Å²) in [5.41, 5.74) is 3.18. The Morgan fingerprint density at radius 3 is 2.93 bits per heavy atom. The van der Waals surface area contributed by atoms with Gasteiger partial charge in [0.25, 0.3) is 5.91 Å². The number of benzene rings is 1. The van der Waals surface area contributed by atoms with Crippen LogP contribution in [0.2, 0.25) is 0 Å². The largest absolute Gasteiger partial charge is 0.371 e. The number of hydroxylamine groups is 1. The van der Waals surface area contributed by atoms with Crippen molar-refractivity contribution in [3.63, 3.8) is 0 Å². The van der Waals surface area contributed by atoms with Gasteiger partial charge in [-0.3, -0.25) is 19.8 Å². The van der Waals surface area contributed by atoms with E-state index in [-0.39, 0.29) is 23.0 Å². The van der Waals surface area contributed by atoms with Gasteiger partial charge in [0.05, 0.1) is 12.2 Å². The highest BCUT2D eigenvalue weighted by molar-refractivity contribution is 5.93. The van der Waals surface area contributed by atoms with Crippen molar-refractivity contribution < 1.29 is 19.1 Å². The summed E-state index contributed by atoms with van der Waals surface area (Å²) in [6, 6.07) is 4.52. The van der Waals surface area contributed by atoms with Gasteiger partial charge < -0.3 is 4.74 Å². The quantitative estimate of drug-likeness (QED) is 0.596. The molecule has 1 saturated carbocycles. The Bertz CT molecular complexity index is 799. The fraction of sp³-hybridized carbons (Fsp3) is 0.667. The maximum absolute atomic E-state index is 14.7. The van der Waals surface area contributed by atoms with Gasteiger partial charge in [-0.15, -0.1) is 0 Å². The second kappa shape index (κ2) is 6.76. The molecule has 0 spiro atoms. The lowest BCUT2D eigenvalue weighted by molar-refractivity contribution is -0.0725. The van der Waals surface area contributed by atoms with Gasteiger partial charge in [-0.25, -0.2) is 9.87 Å². The summed E-state index contributed by atoms with van der Waals surface area (Å²) in [6.07, 6.45) is 5.31. The molecule has 3 atom stereocenters. The number of hydrogen-bond acceptors (Lipinski definition) is 5. The van der Waals surface area contributed by atoms with E-state index in [4.69, 9.17) is 9.94 Å². The number of amides is 1. The Morgan fingerprint density at radius 1 is 1.39 bits per heavy atom. The van der Waals surface area contributed by atoms with Crippen LogP contribution in [0.1, 0.15) is 54.1 Å². The molecule has 1 amide bonds. The monoisotopic (exact) mass is 389 g/mol. The van der Waals surface area contributed by atoms with E-state index in [9.17, 15) is 9.18 Å². The maximum atomic E-state index is 14.7. The molecular formula is C21H28FN3O3. The Balaban J connectivity index is 1.39. The number of hydrogen-bond donors (Lipinski definition) is 2. The minimum absolute atomic E-state index is 0.114. The average Bonchev–Trinajstić information content (AvgIpc) is 3.39. The van der Waals surface area contributed by atoms with Crippen LogP contribution in [0.3, 0.4) is 0 Å². The molecular weight excluding hydrogens is 361 g/mol. The molecule has 7 heteroatoms. The van der Waals surface area contributed by atoms with Gasteiger partial charge in [0, 0.05) is 43.3 Å². The number of carbonyl (C=O) groups is 1. The first-order valence-corrected chi connectivity index (χ1v) is 10.4. The van der Waals surface area contributed by atoms with Gasteiger partial charge in [0.2, 0.25) is 0 Å². The fourth-order valence-electron chi connectivity index (χ4n) is 5.53. The van der Waals surface area contributed by atoms with E-state index in [2.05, 4.69) is 16.7 Å².